The van der Waals surface area contributed by atoms with E-state index in [-0.39, 0.29) is 11.6 Å². The number of halogens is 1. The number of anilines is 3. The van der Waals surface area contributed by atoms with Crippen molar-refractivity contribution in [2.75, 3.05) is 4.90 Å². The molecule has 0 aliphatic rings. The first kappa shape index (κ1) is 13.2. The average molecular weight is 278 g/mol. The smallest absolute Gasteiger partial charge is 0.178 e. The maximum absolute atomic E-state index is 13.1. The van der Waals surface area contributed by atoms with Crippen molar-refractivity contribution in [3.63, 3.8) is 0 Å². The minimum absolute atomic E-state index is 0.0362. The predicted molar refractivity (Wildman–Crippen MR) is 81.2 cm³/mol. The number of benzene rings is 3. The molecular formula is C18H13FNO. The third kappa shape index (κ3) is 2.87. The molecule has 0 fully saturated rings. The first-order chi connectivity index (χ1) is 10.2. The molecule has 0 amide bonds. The molecule has 0 aromatic heterocycles. The van der Waals surface area contributed by atoms with Crippen molar-refractivity contribution < 1.29 is 9.50 Å². The lowest BCUT2D eigenvalue weighted by atomic mass is 10.2. The van der Waals surface area contributed by atoms with Crippen LogP contribution in [0, 0.1) is 5.82 Å². The summed E-state index contributed by atoms with van der Waals surface area (Å²) in [4.78, 5) is 1.97. The Balaban J connectivity index is 2.11. The molecule has 0 bridgehead atoms. The van der Waals surface area contributed by atoms with Crippen LogP contribution in [-0.4, -0.2) is 0 Å². The van der Waals surface area contributed by atoms with Gasteiger partial charge in [-0.05, 0) is 60.7 Å². The number of hydrogen-bond donors (Lipinski definition) is 0. The molecular weight excluding hydrogens is 265 g/mol. The van der Waals surface area contributed by atoms with Gasteiger partial charge >= 0.3 is 0 Å². The van der Waals surface area contributed by atoms with E-state index < -0.39 is 0 Å². The zero-order valence-electron chi connectivity index (χ0n) is 11.2. The maximum atomic E-state index is 13.1. The van der Waals surface area contributed by atoms with Crippen LogP contribution in [0.25, 0.3) is 0 Å². The molecule has 0 heterocycles. The van der Waals surface area contributed by atoms with E-state index >= 15 is 0 Å². The quantitative estimate of drug-likeness (QED) is 0.625. The Bertz CT molecular complexity index is 663. The number of hydrogen-bond acceptors (Lipinski definition) is 1. The topological polar surface area (TPSA) is 23.1 Å². The summed E-state index contributed by atoms with van der Waals surface area (Å²) < 4.78 is 13.1. The van der Waals surface area contributed by atoms with E-state index in [1.807, 2.05) is 35.2 Å². The van der Waals surface area contributed by atoms with Gasteiger partial charge in [0.25, 0.3) is 0 Å². The van der Waals surface area contributed by atoms with E-state index in [4.69, 9.17) is 0 Å². The molecule has 2 nitrogen and oxygen atoms in total. The van der Waals surface area contributed by atoms with Crippen molar-refractivity contribution in [2.24, 2.45) is 0 Å². The molecule has 3 aromatic carbocycles. The molecule has 3 aromatic rings. The van der Waals surface area contributed by atoms with Gasteiger partial charge < -0.3 is 4.90 Å². The minimum Gasteiger partial charge on any atom is -0.310 e. The van der Waals surface area contributed by atoms with Gasteiger partial charge in [-0.25, -0.2) is 4.39 Å². The third-order valence-corrected chi connectivity index (χ3v) is 3.19. The Morgan fingerprint density at radius 3 is 1.67 bits per heavy atom. The molecule has 0 aliphatic carbocycles. The SMILES string of the molecule is [O]c1ccc(N(c2ccccc2)c2ccc(F)cc2)cc1. The summed E-state index contributed by atoms with van der Waals surface area (Å²) in [6, 6.07) is 22.6. The van der Waals surface area contributed by atoms with Crippen LogP contribution >= 0.6 is 0 Å². The Kier molecular flexibility index (Phi) is 3.56. The summed E-state index contributed by atoms with van der Waals surface area (Å²) in [5, 5.41) is 11.3. The maximum Gasteiger partial charge on any atom is 0.178 e. The van der Waals surface area contributed by atoms with Crippen LogP contribution in [0.5, 0.6) is 5.75 Å². The molecule has 1 radical (unpaired) electrons. The summed E-state index contributed by atoms with van der Waals surface area (Å²) in [5.41, 5.74) is 2.64. The Morgan fingerprint density at radius 2 is 1.10 bits per heavy atom. The summed E-state index contributed by atoms with van der Waals surface area (Å²) in [5.74, 6) is -0.312. The molecule has 0 spiro atoms. The standard InChI is InChI=1S/C18H13FNO/c19-14-6-8-16(9-7-14)20(15-4-2-1-3-5-15)17-10-12-18(21)13-11-17/h1-13H. The van der Waals surface area contributed by atoms with Gasteiger partial charge in [-0.1, -0.05) is 18.2 Å². The van der Waals surface area contributed by atoms with Crippen molar-refractivity contribution in [3.05, 3.63) is 84.7 Å². The van der Waals surface area contributed by atoms with Gasteiger partial charge in [-0.2, -0.15) is 0 Å². The third-order valence-electron chi connectivity index (χ3n) is 3.19. The highest BCUT2D eigenvalue weighted by Gasteiger charge is 2.12. The van der Waals surface area contributed by atoms with Gasteiger partial charge in [-0.3, -0.25) is 5.11 Å². The summed E-state index contributed by atoms with van der Waals surface area (Å²) in [7, 11) is 0. The van der Waals surface area contributed by atoms with Crippen molar-refractivity contribution in [1.29, 1.82) is 0 Å². The summed E-state index contributed by atoms with van der Waals surface area (Å²) >= 11 is 0. The van der Waals surface area contributed by atoms with E-state index in [0.29, 0.717) is 0 Å². The van der Waals surface area contributed by atoms with Crippen LogP contribution in [0.4, 0.5) is 21.5 Å². The van der Waals surface area contributed by atoms with Crippen LogP contribution < -0.4 is 4.90 Å². The van der Waals surface area contributed by atoms with E-state index in [1.165, 1.54) is 24.3 Å². The van der Waals surface area contributed by atoms with Crippen molar-refractivity contribution in [3.8, 4) is 5.75 Å². The Labute approximate surface area is 122 Å². The second kappa shape index (κ2) is 5.67. The first-order valence-electron chi connectivity index (χ1n) is 6.62. The normalized spacial score (nSPS) is 10.3. The van der Waals surface area contributed by atoms with Gasteiger partial charge in [0.05, 0.1) is 0 Å². The fraction of sp³-hybridized carbons (Fsp3) is 0. The van der Waals surface area contributed by atoms with Gasteiger partial charge in [0.15, 0.2) is 5.75 Å². The van der Waals surface area contributed by atoms with Crippen LogP contribution in [0.15, 0.2) is 78.9 Å². The second-order valence-electron chi connectivity index (χ2n) is 4.64. The van der Waals surface area contributed by atoms with E-state index in [9.17, 15) is 9.50 Å². The zero-order valence-corrected chi connectivity index (χ0v) is 11.2. The number of para-hydroxylation sites is 1. The lowest BCUT2D eigenvalue weighted by Gasteiger charge is -2.25. The van der Waals surface area contributed by atoms with Crippen molar-refractivity contribution >= 4 is 17.1 Å². The molecule has 103 valence electrons. The van der Waals surface area contributed by atoms with E-state index in [2.05, 4.69) is 0 Å². The van der Waals surface area contributed by atoms with Crippen LogP contribution in [0.2, 0.25) is 0 Å². The van der Waals surface area contributed by atoms with Crippen molar-refractivity contribution in [1.82, 2.24) is 0 Å². The van der Waals surface area contributed by atoms with Crippen LogP contribution in [0.3, 0.4) is 0 Å². The minimum atomic E-state index is -0.276. The van der Waals surface area contributed by atoms with Gasteiger partial charge in [0, 0.05) is 17.1 Å². The molecule has 0 unspecified atom stereocenters. The molecule has 0 saturated carbocycles. The lowest BCUT2D eigenvalue weighted by Crippen LogP contribution is -2.09. The summed E-state index contributed by atoms with van der Waals surface area (Å²) in [6.45, 7) is 0. The number of nitrogens with zero attached hydrogens (tertiary/aromatic N) is 1. The van der Waals surface area contributed by atoms with Gasteiger partial charge in [-0.15, -0.1) is 0 Å². The zero-order chi connectivity index (χ0) is 14.7. The molecule has 3 rings (SSSR count). The number of rotatable bonds is 3. The predicted octanol–water partition coefficient (Wildman–Crippen LogP) is 5.44. The molecule has 0 atom stereocenters. The lowest BCUT2D eigenvalue weighted by molar-refractivity contribution is 0.355. The first-order valence-corrected chi connectivity index (χ1v) is 6.62. The van der Waals surface area contributed by atoms with Crippen LogP contribution in [-0.2, 0) is 5.11 Å². The highest BCUT2D eigenvalue weighted by molar-refractivity contribution is 5.76. The largest absolute Gasteiger partial charge is 0.310 e. The molecule has 0 aliphatic heterocycles. The summed E-state index contributed by atoms with van der Waals surface area (Å²) in [6.07, 6.45) is 0. The Morgan fingerprint density at radius 1 is 0.619 bits per heavy atom. The molecule has 21 heavy (non-hydrogen) atoms. The molecule has 0 saturated heterocycles. The molecule has 3 heteroatoms. The van der Waals surface area contributed by atoms with Crippen LogP contribution in [0.1, 0.15) is 0 Å². The van der Waals surface area contributed by atoms with Crippen molar-refractivity contribution in [2.45, 2.75) is 0 Å². The second-order valence-corrected chi connectivity index (χ2v) is 4.64. The Hall–Kier alpha value is -2.81. The highest BCUT2D eigenvalue weighted by atomic mass is 19.1. The van der Waals surface area contributed by atoms with Gasteiger partial charge in [0.2, 0.25) is 0 Å². The van der Waals surface area contributed by atoms with E-state index in [0.717, 1.165) is 17.1 Å². The van der Waals surface area contributed by atoms with Gasteiger partial charge in [0.1, 0.15) is 5.82 Å². The molecule has 0 N–H and O–H groups in total. The highest BCUT2D eigenvalue weighted by Crippen LogP contribution is 2.34. The average Bonchev–Trinajstić information content (AvgIpc) is 2.52. The fourth-order valence-corrected chi connectivity index (χ4v) is 2.21. The monoisotopic (exact) mass is 278 g/mol. The van der Waals surface area contributed by atoms with E-state index in [1.54, 1.807) is 24.3 Å². The fourth-order valence-electron chi connectivity index (χ4n) is 2.21.